The molecule has 3 aromatic carbocycles. The first kappa shape index (κ1) is 29.2. The number of hydrogen-bond donors (Lipinski definition) is 1. The van der Waals surface area contributed by atoms with Gasteiger partial charge >= 0.3 is 0 Å². The van der Waals surface area contributed by atoms with Gasteiger partial charge in [-0.25, -0.2) is 4.39 Å². The molecule has 7 nitrogen and oxygen atoms in total. The molecule has 1 atom stereocenters. The molecule has 0 saturated heterocycles. The Morgan fingerprint density at radius 2 is 1.81 bits per heavy atom. The lowest BCUT2D eigenvalue weighted by atomic mass is 9.95. The van der Waals surface area contributed by atoms with Crippen LogP contribution in [0.3, 0.4) is 0 Å². The van der Waals surface area contributed by atoms with Crippen molar-refractivity contribution in [1.82, 2.24) is 10.2 Å². The first-order valence-corrected chi connectivity index (χ1v) is 15.2. The molecule has 0 spiro atoms. The van der Waals surface area contributed by atoms with Gasteiger partial charge in [-0.1, -0.05) is 97.1 Å². The van der Waals surface area contributed by atoms with Crippen molar-refractivity contribution in [2.24, 2.45) is 0 Å². The molecular formula is C32H28FN3O4S2. The largest absolute Gasteiger partial charge is 0.503 e. The number of halogens is 1. The van der Waals surface area contributed by atoms with E-state index in [0.29, 0.717) is 28.0 Å². The van der Waals surface area contributed by atoms with E-state index in [1.807, 2.05) is 30.3 Å². The molecule has 0 radical (unpaired) electrons. The Balaban J connectivity index is 1.44. The number of aliphatic hydroxyl groups is 1. The number of aromatic nitrogens is 2. The van der Waals surface area contributed by atoms with Gasteiger partial charge in [0.1, 0.15) is 11.6 Å². The van der Waals surface area contributed by atoms with E-state index in [9.17, 15) is 19.1 Å². The summed E-state index contributed by atoms with van der Waals surface area (Å²) in [4.78, 5) is 28.3. The van der Waals surface area contributed by atoms with E-state index >= 15 is 0 Å². The van der Waals surface area contributed by atoms with E-state index in [1.165, 1.54) is 46.2 Å². The molecule has 0 saturated carbocycles. The van der Waals surface area contributed by atoms with Crippen molar-refractivity contribution in [3.05, 3.63) is 119 Å². The van der Waals surface area contributed by atoms with Crippen LogP contribution in [0, 0.1) is 5.82 Å². The first-order valence-electron chi connectivity index (χ1n) is 13.4. The Morgan fingerprint density at radius 1 is 1.07 bits per heavy atom. The number of ether oxygens (including phenoxy) is 1. The molecule has 42 heavy (non-hydrogen) atoms. The van der Waals surface area contributed by atoms with E-state index < -0.39 is 23.5 Å². The highest BCUT2D eigenvalue weighted by Crippen LogP contribution is 2.43. The molecule has 5 rings (SSSR count). The number of rotatable bonds is 12. The van der Waals surface area contributed by atoms with Crippen molar-refractivity contribution >= 4 is 46.0 Å². The summed E-state index contributed by atoms with van der Waals surface area (Å²) in [5, 5.41) is 19.7. The van der Waals surface area contributed by atoms with Crippen LogP contribution in [-0.2, 0) is 15.3 Å². The summed E-state index contributed by atoms with van der Waals surface area (Å²) in [5.41, 5.74) is 2.29. The van der Waals surface area contributed by atoms with Gasteiger partial charge in [-0.05, 0) is 53.5 Å². The van der Waals surface area contributed by atoms with Crippen LogP contribution in [0.2, 0.25) is 0 Å². The standard InChI is InChI=1S/C32H28FN3O4S2/c1-2-3-19-40-25-16-12-23(13-17-25)28-27(26(37)18-11-21-7-5-4-6-8-21)29(38)30(39)36(28)31-34-35-32(42-31)41-20-22-9-14-24(33)15-10-22/h4-18,28,38H,2-3,19-20H2,1H3. The number of ketones is 1. The average Bonchev–Trinajstić information content (AvgIpc) is 3.58. The van der Waals surface area contributed by atoms with Crippen LogP contribution in [0.1, 0.15) is 42.5 Å². The second-order valence-corrected chi connectivity index (χ2v) is 11.7. The van der Waals surface area contributed by atoms with Crippen molar-refractivity contribution in [3.8, 4) is 5.75 Å². The molecule has 1 aromatic heterocycles. The van der Waals surface area contributed by atoms with Gasteiger partial charge in [0, 0.05) is 5.75 Å². The summed E-state index contributed by atoms with van der Waals surface area (Å²) < 4.78 is 19.6. The van der Waals surface area contributed by atoms with Gasteiger partial charge in [-0.2, -0.15) is 0 Å². The third kappa shape index (κ3) is 6.78. The van der Waals surface area contributed by atoms with Gasteiger partial charge < -0.3 is 9.84 Å². The van der Waals surface area contributed by atoms with Crippen molar-refractivity contribution < 1.29 is 23.8 Å². The normalized spacial score (nSPS) is 15.1. The van der Waals surface area contributed by atoms with Crippen molar-refractivity contribution in [2.75, 3.05) is 11.5 Å². The molecule has 4 aromatic rings. The molecule has 2 heterocycles. The topological polar surface area (TPSA) is 92.6 Å². The smallest absolute Gasteiger partial charge is 0.296 e. The fraction of sp³-hybridized carbons (Fsp3) is 0.188. The first-order chi connectivity index (χ1) is 20.4. The molecule has 1 aliphatic rings. The second kappa shape index (κ2) is 13.6. The van der Waals surface area contributed by atoms with Gasteiger partial charge in [0.15, 0.2) is 15.9 Å². The second-order valence-electron chi connectivity index (χ2n) is 9.48. The zero-order valence-electron chi connectivity index (χ0n) is 22.8. The predicted molar refractivity (Wildman–Crippen MR) is 163 cm³/mol. The number of hydrogen-bond acceptors (Lipinski definition) is 8. The van der Waals surface area contributed by atoms with Crippen LogP contribution in [-0.4, -0.2) is 33.6 Å². The molecule has 1 amide bonds. The Morgan fingerprint density at radius 3 is 2.52 bits per heavy atom. The van der Waals surface area contributed by atoms with E-state index in [-0.39, 0.29) is 16.5 Å². The molecule has 1 N–H and O–H groups in total. The molecule has 214 valence electrons. The number of carbonyl (C=O) groups excluding carboxylic acids is 2. The molecule has 1 unspecified atom stereocenters. The van der Waals surface area contributed by atoms with Gasteiger partial charge in [0.2, 0.25) is 5.13 Å². The molecule has 0 aliphatic carbocycles. The minimum Gasteiger partial charge on any atom is -0.503 e. The van der Waals surface area contributed by atoms with Gasteiger partial charge in [0.25, 0.3) is 5.91 Å². The van der Waals surface area contributed by atoms with E-state index in [2.05, 4.69) is 17.1 Å². The molecule has 0 bridgehead atoms. The minimum atomic E-state index is -0.919. The summed E-state index contributed by atoms with van der Waals surface area (Å²) in [7, 11) is 0. The number of nitrogens with zero attached hydrogens (tertiary/aromatic N) is 3. The maximum Gasteiger partial charge on any atom is 0.296 e. The van der Waals surface area contributed by atoms with E-state index in [0.717, 1.165) is 24.0 Å². The summed E-state index contributed by atoms with van der Waals surface area (Å²) in [6.45, 7) is 2.67. The number of amides is 1. The lowest BCUT2D eigenvalue weighted by molar-refractivity contribution is -0.117. The van der Waals surface area contributed by atoms with E-state index in [1.54, 1.807) is 42.5 Å². The Bertz CT molecular complexity index is 1600. The van der Waals surface area contributed by atoms with Gasteiger partial charge in [-0.15, -0.1) is 10.2 Å². The van der Waals surface area contributed by atoms with Gasteiger partial charge in [0.05, 0.1) is 18.2 Å². The number of benzene rings is 3. The zero-order chi connectivity index (χ0) is 29.5. The number of anilines is 1. The highest BCUT2D eigenvalue weighted by molar-refractivity contribution is 8.00. The van der Waals surface area contributed by atoms with Crippen LogP contribution >= 0.6 is 23.1 Å². The Labute approximate surface area is 251 Å². The quantitative estimate of drug-likeness (QED) is 0.0787. The summed E-state index contributed by atoms with van der Waals surface area (Å²) in [5.74, 6) is -0.951. The minimum absolute atomic E-state index is 0.0393. The maximum atomic E-state index is 13.5. The van der Waals surface area contributed by atoms with Crippen molar-refractivity contribution in [1.29, 1.82) is 0 Å². The number of thioether (sulfide) groups is 1. The summed E-state index contributed by atoms with van der Waals surface area (Å²) in [6.07, 6.45) is 4.94. The van der Waals surface area contributed by atoms with Crippen molar-refractivity contribution in [3.63, 3.8) is 0 Å². The molecule has 1 aliphatic heterocycles. The Hall–Kier alpha value is -4.28. The number of aliphatic hydroxyl groups excluding tert-OH is 1. The third-order valence-electron chi connectivity index (χ3n) is 6.54. The van der Waals surface area contributed by atoms with Gasteiger partial charge in [-0.3, -0.25) is 14.5 Å². The fourth-order valence-electron chi connectivity index (χ4n) is 4.36. The molecule has 0 fully saturated rings. The lowest BCUT2D eigenvalue weighted by Crippen LogP contribution is -2.30. The highest BCUT2D eigenvalue weighted by atomic mass is 32.2. The molecule has 10 heteroatoms. The summed E-state index contributed by atoms with van der Waals surface area (Å²) >= 11 is 2.57. The SMILES string of the molecule is CCCCOc1ccc(C2C(C(=O)C=Cc3ccccc3)=C(O)C(=O)N2c2nnc(SCc3ccc(F)cc3)s2)cc1. The predicted octanol–water partition coefficient (Wildman–Crippen LogP) is 7.33. The van der Waals surface area contributed by atoms with Crippen LogP contribution in [0.25, 0.3) is 6.08 Å². The van der Waals surface area contributed by atoms with Crippen LogP contribution in [0.15, 0.2) is 101 Å². The summed E-state index contributed by atoms with van der Waals surface area (Å²) in [6, 6.07) is 21.7. The Kier molecular flexibility index (Phi) is 9.45. The van der Waals surface area contributed by atoms with Crippen molar-refractivity contribution in [2.45, 2.75) is 35.9 Å². The third-order valence-corrected chi connectivity index (χ3v) is 8.67. The average molecular weight is 602 g/mol. The zero-order valence-corrected chi connectivity index (χ0v) is 24.4. The number of allylic oxidation sites excluding steroid dienone is 1. The monoisotopic (exact) mass is 601 g/mol. The number of carbonyl (C=O) groups is 2. The van der Waals surface area contributed by atoms with Crippen LogP contribution < -0.4 is 9.64 Å². The maximum absolute atomic E-state index is 13.5. The number of unbranched alkanes of at least 4 members (excludes halogenated alkanes) is 1. The van der Waals surface area contributed by atoms with E-state index in [4.69, 9.17) is 4.74 Å². The van der Waals surface area contributed by atoms with Crippen LogP contribution in [0.5, 0.6) is 5.75 Å². The van der Waals surface area contributed by atoms with Crippen LogP contribution in [0.4, 0.5) is 9.52 Å². The fourth-order valence-corrected chi connectivity index (χ4v) is 6.18. The lowest BCUT2D eigenvalue weighted by Gasteiger charge is -2.24. The molecular weight excluding hydrogens is 574 g/mol. The highest BCUT2D eigenvalue weighted by Gasteiger charge is 2.45.